The molecular weight excluding hydrogens is 248 g/mol. The fourth-order valence-electron chi connectivity index (χ4n) is 2.39. The minimum atomic E-state index is -3.37. The monoisotopic (exact) mass is 268 g/mol. The molecule has 0 amide bonds. The molecule has 1 aromatic rings. The molecule has 1 aromatic carbocycles. The number of likely N-dealkylation sites (N-methyl/N-ethyl adjacent to an activating group) is 1. The first-order valence-corrected chi connectivity index (χ1v) is 7.62. The summed E-state index contributed by atoms with van der Waals surface area (Å²) in [6.07, 6.45) is 0.876. The third kappa shape index (κ3) is 2.58. The molecule has 1 aliphatic heterocycles. The van der Waals surface area contributed by atoms with Crippen molar-refractivity contribution in [2.75, 3.05) is 20.1 Å². The number of hydrogen-bond donors (Lipinski definition) is 1. The molecule has 1 N–H and O–H groups in total. The van der Waals surface area contributed by atoms with E-state index in [1.54, 1.807) is 19.2 Å². The Bertz CT molecular complexity index is 514. The maximum absolute atomic E-state index is 12.5. The predicted octanol–water partition coefficient (Wildman–Crippen LogP) is 1.29. The topological polar surface area (TPSA) is 49.4 Å². The van der Waals surface area contributed by atoms with Gasteiger partial charge in [-0.25, -0.2) is 8.42 Å². The summed E-state index contributed by atoms with van der Waals surface area (Å²) in [6.45, 7) is 5.46. The van der Waals surface area contributed by atoms with Gasteiger partial charge in [0.1, 0.15) is 0 Å². The molecule has 0 aromatic heterocycles. The normalized spacial score (nSPS) is 20.6. The van der Waals surface area contributed by atoms with Crippen LogP contribution in [0.3, 0.4) is 0 Å². The molecule has 100 valence electrons. The van der Waals surface area contributed by atoms with E-state index in [2.05, 4.69) is 5.32 Å². The third-order valence-corrected chi connectivity index (χ3v) is 5.31. The van der Waals surface area contributed by atoms with Crippen molar-refractivity contribution in [1.82, 2.24) is 9.62 Å². The van der Waals surface area contributed by atoms with Crippen LogP contribution in [-0.2, 0) is 10.0 Å². The number of nitrogens with zero attached hydrogens (tertiary/aromatic N) is 1. The predicted molar refractivity (Wildman–Crippen MR) is 72.1 cm³/mol. The van der Waals surface area contributed by atoms with Crippen molar-refractivity contribution < 1.29 is 8.42 Å². The van der Waals surface area contributed by atoms with Crippen LogP contribution in [0.4, 0.5) is 0 Å². The van der Waals surface area contributed by atoms with Crippen molar-refractivity contribution in [1.29, 1.82) is 0 Å². The van der Waals surface area contributed by atoms with Gasteiger partial charge in [0, 0.05) is 19.6 Å². The molecule has 0 saturated carbocycles. The highest BCUT2D eigenvalue weighted by Gasteiger charge is 2.29. The number of nitrogens with one attached hydrogen (secondary N) is 1. The number of benzene rings is 1. The quantitative estimate of drug-likeness (QED) is 0.898. The standard InChI is InChI=1S/C13H20N2O2S/c1-10-6-11(2)8-13(7-10)18(16,17)15(3)12-4-5-14-9-12/h6-8,12,14H,4-5,9H2,1-3H3. The zero-order valence-corrected chi connectivity index (χ0v) is 11.9. The molecule has 4 nitrogen and oxygen atoms in total. The summed E-state index contributed by atoms with van der Waals surface area (Å²) in [5.41, 5.74) is 1.96. The van der Waals surface area contributed by atoms with E-state index in [0.29, 0.717) is 4.90 Å². The molecule has 0 bridgehead atoms. The fraction of sp³-hybridized carbons (Fsp3) is 0.538. The zero-order chi connectivity index (χ0) is 13.3. The number of sulfonamides is 1. The molecule has 18 heavy (non-hydrogen) atoms. The van der Waals surface area contributed by atoms with Crippen LogP contribution in [0.5, 0.6) is 0 Å². The van der Waals surface area contributed by atoms with Gasteiger partial charge in [-0.05, 0) is 50.1 Å². The van der Waals surface area contributed by atoms with Gasteiger partial charge in [-0.15, -0.1) is 0 Å². The smallest absolute Gasteiger partial charge is 0.243 e. The van der Waals surface area contributed by atoms with Gasteiger partial charge in [-0.1, -0.05) is 6.07 Å². The van der Waals surface area contributed by atoms with Crippen molar-refractivity contribution in [3.63, 3.8) is 0 Å². The molecule has 0 spiro atoms. The van der Waals surface area contributed by atoms with Gasteiger partial charge in [0.2, 0.25) is 10.0 Å². The first kappa shape index (κ1) is 13.5. The highest BCUT2D eigenvalue weighted by atomic mass is 32.2. The van der Waals surface area contributed by atoms with E-state index < -0.39 is 10.0 Å². The molecule has 0 radical (unpaired) electrons. The zero-order valence-electron chi connectivity index (χ0n) is 11.1. The van der Waals surface area contributed by atoms with Crippen LogP contribution >= 0.6 is 0 Å². The van der Waals surface area contributed by atoms with Crippen LogP contribution in [0, 0.1) is 13.8 Å². The minimum absolute atomic E-state index is 0.0656. The summed E-state index contributed by atoms with van der Waals surface area (Å²) >= 11 is 0. The largest absolute Gasteiger partial charge is 0.315 e. The Labute approximate surface area is 109 Å². The summed E-state index contributed by atoms with van der Waals surface area (Å²) in [4.78, 5) is 0.398. The molecule has 1 heterocycles. The second-order valence-corrected chi connectivity index (χ2v) is 6.99. The second kappa shape index (κ2) is 4.99. The molecule has 5 heteroatoms. The Morgan fingerprint density at radius 3 is 2.33 bits per heavy atom. The molecule has 1 fully saturated rings. The van der Waals surface area contributed by atoms with Gasteiger partial charge < -0.3 is 5.32 Å². The van der Waals surface area contributed by atoms with Gasteiger partial charge in [0.05, 0.1) is 4.90 Å². The van der Waals surface area contributed by atoms with Crippen LogP contribution < -0.4 is 5.32 Å². The SMILES string of the molecule is Cc1cc(C)cc(S(=O)(=O)N(C)C2CCNC2)c1. The fourth-order valence-corrected chi connectivity index (χ4v) is 3.97. The lowest BCUT2D eigenvalue weighted by Crippen LogP contribution is -2.38. The first-order chi connectivity index (χ1) is 8.41. The van der Waals surface area contributed by atoms with Gasteiger partial charge in [0.15, 0.2) is 0 Å². The van der Waals surface area contributed by atoms with Crippen molar-refractivity contribution >= 4 is 10.0 Å². The minimum Gasteiger partial charge on any atom is -0.315 e. The highest BCUT2D eigenvalue weighted by molar-refractivity contribution is 7.89. The lowest BCUT2D eigenvalue weighted by molar-refractivity contribution is 0.387. The first-order valence-electron chi connectivity index (χ1n) is 6.18. The average molecular weight is 268 g/mol. The van der Waals surface area contributed by atoms with E-state index in [1.807, 2.05) is 19.9 Å². The van der Waals surface area contributed by atoms with Crippen LogP contribution in [0.1, 0.15) is 17.5 Å². The van der Waals surface area contributed by atoms with Crippen molar-refractivity contribution in [3.8, 4) is 0 Å². The Kier molecular flexibility index (Phi) is 3.75. The average Bonchev–Trinajstić information content (AvgIpc) is 2.79. The second-order valence-electron chi connectivity index (χ2n) is 4.99. The Hall–Kier alpha value is -0.910. The molecule has 1 atom stereocenters. The summed E-state index contributed by atoms with van der Waals surface area (Å²) in [5.74, 6) is 0. The Balaban J connectivity index is 2.34. The van der Waals surface area contributed by atoms with Crippen LogP contribution in [0.25, 0.3) is 0 Å². The molecule has 2 rings (SSSR count). The van der Waals surface area contributed by atoms with Crippen molar-refractivity contribution in [3.05, 3.63) is 29.3 Å². The molecule has 1 aliphatic rings. The molecule has 1 saturated heterocycles. The van der Waals surface area contributed by atoms with Crippen molar-refractivity contribution in [2.24, 2.45) is 0 Å². The van der Waals surface area contributed by atoms with E-state index in [0.717, 1.165) is 30.6 Å². The number of hydrogen-bond acceptors (Lipinski definition) is 3. The lowest BCUT2D eigenvalue weighted by atomic mass is 10.2. The summed E-state index contributed by atoms with van der Waals surface area (Å²) in [6, 6.07) is 5.52. The van der Waals surface area contributed by atoms with E-state index in [-0.39, 0.29) is 6.04 Å². The maximum atomic E-state index is 12.5. The van der Waals surface area contributed by atoms with Gasteiger partial charge >= 0.3 is 0 Å². The summed E-state index contributed by atoms with van der Waals surface area (Å²) in [7, 11) is -1.70. The molecule has 1 unspecified atom stereocenters. The Morgan fingerprint density at radius 1 is 1.22 bits per heavy atom. The number of rotatable bonds is 3. The van der Waals surface area contributed by atoms with Gasteiger partial charge in [0.25, 0.3) is 0 Å². The van der Waals surface area contributed by atoms with E-state index in [9.17, 15) is 8.42 Å². The van der Waals surface area contributed by atoms with Crippen molar-refractivity contribution in [2.45, 2.75) is 31.2 Å². The summed E-state index contributed by atoms with van der Waals surface area (Å²) in [5, 5.41) is 3.19. The molecule has 0 aliphatic carbocycles. The van der Waals surface area contributed by atoms with E-state index >= 15 is 0 Å². The van der Waals surface area contributed by atoms with Crippen LogP contribution in [0.2, 0.25) is 0 Å². The Morgan fingerprint density at radius 2 is 1.83 bits per heavy atom. The highest BCUT2D eigenvalue weighted by Crippen LogP contribution is 2.21. The molecular formula is C13H20N2O2S. The van der Waals surface area contributed by atoms with E-state index in [4.69, 9.17) is 0 Å². The van der Waals surface area contributed by atoms with E-state index in [1.165, 1.54) is 4.31 Å². The van der Waals surface area contributed by atoms with Crippen LogP contribution in [-0.4, -0.2) is 38.9 Å². The van der Waals surface area contributed by atoms with Gasteiger partial charge in [-0.3, -0.25) is 0 Å². The maximum Gasteiger partial charge on any atom is 0.243 e. The van der Waals surface area contributed by atoms with Crippen LogP contribution in [0.15, 0.2) is 23.1 Å². The number of aryl methyl sites for hydroxylation is 2. The van der Waals surface area contributed by atoms with Gasteiger partial charge in [-0.2, -0.15) is 4.31 Å². The summed E-state index contributed by atoms with van der Waals surface area (Å²) < 4.78 is 26.5. The lowest BCUT2D eigenvalue weighted by Gasteiger charge is -2.23. The third-order valence-electron chi connectivity index (χ3n) is 3.42.